The third-order valence-corrected chi connectivity index (χ3v) is 5.70. The second-order valence-electron chi connectivity index (χ2n) is 8.38. The van der Waals surface area contributed by atoms with Gasteiger partial charge in [0.15, 0.2) is 0 Å². The molecule has 0 aliphatic carbocycles. The number of nitrogens with one attached hydrogen (secondary N) is 2. The molecule has 0 aliphatic heterocycles. The number of ether oxygens (including phenoxy) is 1. The van der Waals surface area contributed by atoms with Crippen LogP contribution in [-0.2, 0) is 12.1 Å². The maximum Gasteiger partial charge on any atom is 0.573 e. The SMILES string of the molecule is CC(C)(NCc1ccc(OC(F)(F)F)cc1)c1nc(-c2ccc(Cl)c(O)c2)c(-c2ccncc2)[nH]1. The van der Waals surface area contributed by atoms with Gasteiger partial charge in [-0.25, -0.2) is 4.98 Å². The molecule has 0 atom stereocenters. The molecule has 0 saturated carbocycles. The average molecular weight is 503 g/mol. The van der Waals surface area contributed by atoms with Crippen molar-refractivity contribution in [3.8, 4) is 34.0 Å². The van der Waals surface area contributed by atoms with E-state index in [0.29, 0.717) is 23.6 Å². The molecule has 0 unspecified atom stereocenters. The molecule has 6 nitrogen and oxygen atoms in total. The molecule has 3 N–H and O–H groups in total. The van der Waals surface area contributed by atoms with Gasteiger partial charge in [0.25, 0.3) is 0 Å². The predicted molar refractivity (Wildman–Crippen MR) is 127 cm³/mol. The van der Waals surface area contributed by atoms with Crippen molar-refractivity contribution >= 4 is 11.6 Å². The highest BCUT2D eigenvalue weighted by Gasteiger charge is 2.31. The molecule has 0 aliphatic rings. The first-order valence-electron chi connectivity index (χ1n) is 10.6. The summed E-state index contributed by atoms with van der Waals surface area (Å²) in [5.74, 6) is 0.305. The summed E-state index contributed by atoms with van der Waals surface area (Å²) in [5, 5.41) is 13.7. The molecule has 0 spiro atoms. The van der Waals surface area contributed by atoms with Gasteiger partial charge in [-0.3, -0.25) is 4.98 Å². The Balaban J connectivity index is 1.61. The third kappa shape index (κ3) is 5.93. The van der Waals surface area contributed by atoms with E-state index in [0.717, 1.165) is 16.8 Å². The zero-order chi connectivity index (χ0) is 25.2. The van der Waals surface area contributed by atoms with Crippen LogP contribution in [-0.4, -0.2) is 26.4 Å². The van der Waals surface area contributed by atoms with Crippen LogP contribution >= 0.6 is 11.6 Å². The molecule has 0 fully saturated rings. The van der Waals surface area contributed by atoms with E-state index < -0.39 is 11.9 Å². The van der Waals surface area contributed by atoms with Crippen molar-refractivity contribution in [2.45, 2.75) is 32.3 Å². The van der Waals surface area contributed by atoms with E-state index >= 15 is 0 Å². The Kier molecular flexibility index (Phi) is 6.73. The number of aromatic nitrogens is 3. The van der Waals surface area contributed by atoms with E-state index in [1.165, 1.54) is 12.1 Å². The Labute approximate surface area is 204 Å². The minimum Gasteiger partial charge on any atom is -0.506 e. The smallest absolute Gasteiger partial charge is 0.506 e. The topological polar surface area (TPSA) is 83.1 Å². The van der Waals surface area contributed by atoms with Gasteiger partial charge in [0.1, 0.15) is 17.3 Å². The molecule has 2 aromatic carbocycles. The third-order valence-electron chi connectivity index (χ3n) is 5.38. The number of pyridine rings is 1. The lowest BCUT2D eigenvalue weighted by molar-refractivity contribution is -0.274. The molecular weight excluding hydrogens is 481 g/mol. The van der Waals surface area contributed by atoms with Crippen LogP contribution in [0.4, 0.5) is 13.2 Å². The molecule has 2 aromatic heterocycles. The summed E-state index contributed by atoms with van der Waals surface area (Å²) in [6.45, 7) is 4.25. The van der Waals surface area contributed by atoms with E-state index in [1.54, 1.807) is 42.7 Å². The number of hydrogen-bond donors (Lipinski definition) is 3. The standard InChI is InChI=1S/C25H22ClF3N4O2/c1-24(2,31-14-15-3-6-18(7-4-15)35-25(27,28)29)23-32-21(16-9-11-30-12-10-16)22(33-23)17-5-8-19(26)20(34)13-17/h3-13,31,34H,14H2,1-2H3,(H,32,33). The highest BCUT2D eigenvalue weighted by molar-refractivity contribution is 6.32. The number of H-pyrrole nitrogens is 1. The summed E-state index contributed by atoms with van der Waals surface area (Å²) in [4.78, 5) is 12.3. The van der Waals surface area contributed by atoms with Crippen LogP contribution in [0.25, 0.3) is 22.5 Å². The van der Waals surface area contributed by atoms with Gasteiger partial charge in [0.2, 0.25) is 0 Å². The van der Waals surface area contributed by atoms with Gasteiger partial charge in [0, 0.05) is 30.1 Å². The molecule has 0 amide bonds. The number of hydrogen-bond acceptors (Lipinski definition) is 5. The second-order valence-corrected chi connectivity index (χ2v) is 8.79. The van der Waals surface area contributed by atoms with Crippen molar-refractivity contribution < 1.29 is 23.0 Å². The van der Waals surface area contributed by atoms with Gasteiger partial charge in [-0.1, -0.05) is 29.8 Å². The Morgan fingerprint density at radius 2 is 1.69 bits per heavy atom. The Hall–Kier alpha value is -3.56. The van der Waals surface area contributed by atoms with E-state index in [2.05, 4.69) is 20.0 Å². The zero-order valence-electron chi connectivity index (χ0n) is 18.8. The fraction of sp³-hybridized carbons (Fsp3) is 0.200. The molecule has 10 heteroatoms. The number of halogens is 4. The van der Waals surface area contributed by atoms with Crippen LogP contribution in [0.15, 0.2) is 67.0 Å². The van der Waals surface area contributed by atoms with Crippen LogP contribution < -0.4 is 10.1 Å². The molecule has 182 valence electrons. The molecule has 4 aromatic rings. The number of rotatable bonds is 7. The second kappa shape index (κ2) is 9.59. The zero-order valence-corrected chi connectivity index (χ0v) is 19.6. The molecule has 0 bridgehead atoms. The Morgan fingerprint density at radius 3 is 2.31 bits per heavy atom. The first-order chi connectivity index (χ1) is 16.5. The van der Waals surface area contributed by atoms with Crippen LogP contribution in [0.1, 0.15) is 25.2 Å². The number of benzene rings is 2. The van der Waals surface area contributed by atoms with Crippen molar-refractivity contribution in [2.24, 2.45) is 0 Å². The van der Waals surface area contributed by atoms with E-state index in [4.69, 9.17) is 16.6 Å². The van der Waals surface area contributed by atoms with Crippen molar-refractivity contribution in [3.63, 3.8) is 0 Å². The van der Waals surface area contributed by atoms with E-state index in [9.17, 15) is 18.3 Å². The van der Waals surface area contributed by atoms with Gasteiger partial charge >= 0.3 is 6.36 Å². The molecule has 35 heavy (non-hydrogen) atoms. The van der Waals surface area contributed by atoms with Gasteiger partial charge in [0.05, 0.1) is 21.9 Å². The highest BCUT2D eigenvalue weighted by Crippen LogP contribution is 2.36. The minimum atomic E-state index is -4.73. The lowest BCUT2D eigenvalue weighted by atomic mass is 10.0. The fourth-order valence-corrected chi connectivity index (χ4v) is 3.60. The van der Waals surface area contributed by atoms with Crippen LogP contribution in [0.2, 0.25) is 5.02 Å². The van der Waals surface area contributed by atoms with Crippen molar-refractivity contribution in [1.82, 2.24) is 20.3 Å². The number of nitrogens with zero attached hydrogens (tertiary/aromatic N) is 2. The normalized spacial score (nSPS) is 12.1. The fourth-order valence-electron chi connectivity index (χ4n) is 3.48. The minimum absolute atomic E-state index is 0.0512. The van der Waals surface area contributed by atoms with Crippen molar-refractivity contribution in [3.05, 3.63) is 83.4 Å². The van der Waals surface area contributed by atoms with Crippen molar-refractivity contribution in [2.75, 3.05) is 0 Å². The summed E-state index contributed by atoms with van der Waals surface area (Å²) in [6.07, 6.45) is -1.38. The Morgan fingerprint density at radius 1 is 1.00 bits per heavy atom. The van der Waals surface area contributed by atoms with Gasteiger partial charge < -0.3 is 20.1 Å². The number of alkyl halides is 3. The van der Waals surface area contributed by atoms with Crippen LogP contribution in [0.5, 0.6) is 11.5 Å². The predicted octanol–water partition coefficient (Wildman–Crippen LogP) is 6.42. The maximum absolute atomic E-state index is 12.4. The van der Waals surface area contributed by atoms with Gasteiger partial charge in [-0.15, -0.1) is 13.2 Å². The number of aromatic hydroxyl groups is 1. The summed E-state index contributed by atoms with van der Waals surface area (Å²) >= 11 is 5.98. The quantitative estimate of drug-likeness (QED) is 0.271. The molecule has 0 saturated heterocycles. The summed E-state index contributed by atoms with van der Waals surface area (Å²) < 4.78 is 41.1. The number of aromatic amines is 1. The summed E-state index contributed by atoms with van der Waals surface area (Å²) in [7, 11) is 0. The molecular formula is C25H22ClF3N4O2. The lowest BCUT2D eigenvalue weighted by Crippen LogP contribution is -2.37. The largest absolute Gasteiger partial charge is 0.573 e. The monoisotopic (exact) mass is 502 g/mol. The lowest BCUT2D eigenvalue weighted by Gasteiger charge is -2.24. The summed E-state index contributed by atoms with van der Waals surface area (Å²) in [6, 6.07) is 14.3. The number of imidazole rings is 1. The Bertz CT molecular complexity index is 1310. The van der Waals surface area contributed by atoms with Crippen molar-refractivity contribution in [1.29, 1.82) is 0 Å². The highest BCUT2D eigenvalue weighted by atomic mass is 35.5. The molecule has 4 rings (SSSR count). The van der Waals surface area contributed by atoms with Crippen LogP contribution in [0.3, 0.4) is 0 Å². The van der Waals surface area contributed by atoms with E-state index in [1.807, 2.05) is 26.0 Å². The maximum atomic E-state index is 12.4. The van der Waals surface area contributed by atoms with E-state index in [-0.39, 0.29) is 16.5 Å². The number of phenols is 1. The number of phenolic OH excluding ortho intramolecular Hbond substituents is 1. The molecule has 2 heterocycles. The van der Waals surface area contributed by atoms with Crippen LogP contribution in [0, 0.1) is 0 Å². The average Bonchev–Trinajstić information content (AvgIpc) is 3.27. The first kappa shape index (κ1) is 24.6. The summed E-state index contributed by atoms with van der Waals surface area (Å²) in [5.41, 5.74) is 3.04. The molecule has 0 radical (unpaired) electrons. The first-order valence-corrected chi connectivity index (χ1v) is 11.0. The van der Waals surface area contributed by atoms with Gasteiger partial charge in [-0.05, 0) is 55.8 Å². The van der Waals surface area contributed by atoms with Gasteiger partial charge in [-0.2, -0.15) is 0 Å².